The number of carboxylic acid groups (broad SMARTS) is 1. The van der Waals surface area contributed by atoms with Crippen LogP contribution in [0.3, 0.4) is 0 Å². The molecule has 0 aromatic rings. The Morgan fingerprint density at radius 1 is 0.341 bits per heavy atom. The molecule has 0 saturated heterocycles. The van der Waals surface area contributed by atoms with Crippen molar-refractivity contribution in [2.75, 3.05) is 47.5 Å². The van der Waals surface area contributed by atoms with Gasteiger partial charge in [0.05, 0.1) is 34.4 Å². The van der Waals surface area contributed by atoms with E-state index in [9.17, 15) is 19.5 Å². The first-order chi connectivity index (χ1) is 44.6. The number of likely N-dealkylation sites (N-methyl/N-ethyl adjacent to an activating group) is 1. The lowest BCUT2D eigenvalue weighted by molar-refractivity contribution is -0.870. The van der Waals surface area contributed by atoms with Gasteiger partial charge in [0, 0.05) is 12.8 Å². The molecule has 0 aliphatic carbocycles. The molecule has 0 amide bonds. The van der Waals surface area contributed by atoms with E-state index >= 15 is 0 Å². The van der Waals surface area contributed by atoms with Gasteiger partial charge in [0.1, 0.15) is 13.2 Å². The Morgan fingerprint density at radius 3 is 0.934 bits per heavy atom. The molecule has 1 N–H and O–H groups in total. The van der Waals surface area contributed by atoms with E-state index in [0.717, 1.165) is 96.3 Å². The third-order valence-electron chi connectivity index (χ3n) is 16.5. The average Bonchev–Trinajstić information content (AvgIpc) is 3.66. The quantitative estimate of drug-likeness (QED) is 0.0211. The summed E-state index contributed by atoms with van der Waals surface area (Å²) in [4.78, 5) is 37.7. The van der Waals surface area contributed by atoms with Gasteiger partial charge in [-0.25, -0.2) is 4.79 Å². The lowest BCUT2D eigenvalue weighted by Gasteiger charge is -2.25. The number of carbonyl (C=O) groups excluding carboxylic acids is 2. The van der Waals surface area contributed by atoms with Crippen LogP contribution < -0.4 is 0 Å². The SMILES string of the molecule is CC/C=C\C/C=C\C/C=C\C/C=C\C/C=C\C/C=C\C/C=C\CCCCCCCCCC(=O)OC(COC(=O)CCCCCCCCCCCCCCCCCCCCCCCCCCC/C=C\C/C=C\CCCCCCC)COC(OCC[N+](C)(C)C)C(=O)O. The number of rotatable bonds is 70. The number of quaternary nitrogens is 1. The smallest absolute Gasteiger partial charge is 0.361 e. The van der Waals surface area contributed by atoms with Crippen LogP contribution in [0, 0.1) is 0 Å². The molecular weight excluding hydrogens is 1130 g/mol. The molecule has 9 heteroatoms. The summed E-state index contributed by atoms with van der Waals surface area (Å²) in [6.45, 7) is 4.77. The van der Waals surface area contributed by atoms with Crippen LogP contribution in [-0.2, 0) is 33.3 Å². The van der Waals surface area contributed by atoms with Crippen molar-refractivity contribution in [2.45, 2.75) is 347 Å². The highest BCUT2D eigenvalue weighted by molar-refractivity contribution is 5.71. The molecule has 2 atom stereocenters. The first-order valence-corrected chi connectivity index (χ1v) is 38.1. The predicted octanol–water partition coefficient (Wildman–Crippen LogP) is 24.1. The van der Waals surface area contributed by atoms with E-state index in [4.69, 9.17) is 18.9 Å². The zero-order chi connectivity index (χ0) is 66.1. The van der Waals surface area contributed by atoms with Crippen molar-refractivity contribution in [3.05, 3.63) is 109 Å². The number of esters is 2. The van der Waals surface area contributed by atoms with Crippen LogP contribution in [0.5, 0.6) is 0 Å². The number of carboxylic acids is 1. The van der Waals surface area contributed by atoms with E-state index < -0.39 is 24.3 Å². The summed E-state index contributed by atoms with van der Waals surface area (Å²) in [5.74, 6) is -2.01. The van der Waals surface area contributed by atoms with Crippen LogP contribution in [0.1, 0.15) is 335 Å². The second-order valence-corrected chi connectivity index (χ2v) is 26.6. The third-order valence-corrected chi connectivity index (χ3v) is 16.5. The highest BCUT2D eigenvalue weighted by atomic mass is 16.7. The van der Waals surface area contributed by atoms with E-state index in [0.29, 0.717) is 23.9 Å². The first kappa shape index (κ1) is 87.0. The predicted molar refractivity (Wildman–Crippen MR) is 392 cm³/mol. The number of ether oxygens (including phenoxy) is 4. The van der Waals surface area contributed by atoms with Gasteiger partial charge in [0.2, 0.25) is 0 Å². The summed E-state index contributed by atoms with van der Waals surface area (Å²) in [6, 6.07) is 0. The van der Waals surface area contributed by atoms with Gasteiger partial charge in [-0.3, -0.25) is 9.59 Å². The van der Waals surface area contributed by atoms with Gasteiger partial charge in [-0.05, 0) is 103 Å². The van der Waals surface area contributed by atoms with Gasteiger partial charge < -0.3 is 28.5 Å². The fraction of sp³-hybridized carbons (Fsp3) is 0.744. The normalized spacial score (nSPS) is 13.3. The van der Waals surface area contributed by atoms with Crippen LogP contribution >= 0.6 is 0 Å². The standard InChI is InChI=1S/C82H143NO8/c1-6-8-10-12-14-16-18-20-22-24-26-28-30-32-34-36-37-38-39-40-41-42-43-45-46-48-50-52-54-56-58-60-62-64-66-68-70-72-79(84)89-76-78(77-90-82(81(86)87)88-75-74-83(3,4)5)91-80(85)73-71-69-67-65-63-61-59-57-55-53-51-49-47-44-35-33-31-29-27-25-23-21-19-17-15-13-11-9-7-2/h9,11,15,17-18,20-21,23-24,26-27,29,33,35,47,49,53,55,78,82H,6-8,10,12-14,16,19,22,25,28,30-32,34,36-46,48,50-52,54,56-77H2,1-5H3/p+1/b11-9-,17-15-,20-18-,23-21-,26-24-,29-27-,35-33-,49-47-,55-53-. The van der Waals surface area contributed by atoms with Crippen molar-refractivity contribution < 1.29 is 42.9 Å². The van der Waals surface area contributed by atoms with E-state index in [1.54, 1.807) is 0 Å². The largest absolute Gasteiger partial charge is 0.477 e. The molecule has 0 rings (SSSR count). The van der Waals surface area contributed by atoms with Crippen LogP contribution in [-0.4, -0.2) is 87.4 Å². The highest BCUT2D eigenvalue weighted by Crippen LogP contribution is 2.18. The second kappa shape index (κ2) is 71.8. The summed E-state index contributed by atoms with van der Waals surface area (Å²) in [5.41, 5.74) is 0. The molecule has 0 spiro atoms. The Kier molecular flexibility index (Phi) is 68.6. The van der Waals surface area contributed by atoms with Gasteiger partial charge in [-0.15, -0.1) is 0 Å². The Hall–Kier alpha value is -4.05. The number of hydrogen-bond acceptors (Lipinski definition) is 7. The average molecular weight is 1270 g/mol. The van der Waals surface area contributed by atoms with Crippen LogP contribution in [0.15, 0.2) is 109 Å². The number of hydrogen-bond donors (Lipinski definition) is 1. The van der Waals surface area contributed by atoms with Crippen LogP contribution in [0.4, 0.5) is 0 Å². The lowest BCUT2D eigenvalue weighted by atomic mass is 10.0. The zero-order valence-electron chi connectivity index (χ0n) is 60.0. The van der Waals surface area contributed by atoms with E-state index in [1.165, 1.54) is 205 Å². The first-order valence-electron chi connectivity index (χ1n) is 38.1. The van der Waals surface area contributed by atoms with Gasteiger partial charge in [0.15, 0.2) is 6.10 Å². The molecule has 0 aromatic heterocycles. The third kappa shape index (κ3) is 73.2. The minimum atomic E-state index is -1.52. The summed E-state index contributed by atoms with van der Waals surface area (Å²) in [7, 11) is 5.98. The zero-order valence-corrected chi connectivity index (χ0v) is 60.0. The number of nitrogens with zero attached hydrogens (tertiary/aromatic N) is 1. The van der Waals surface area contributed by atoms with Gasteiger partial charge >= 0.3 is 17.9 Å². The lowest BCUT2D eigenvalue weighted by Crippen LogP contribution is -2.40. The molecule has 91 heavy (non-hydrogen) atoms. The summed E-state index contributed by atoms with van der Waals surface area (Å²) >= 11 is 0. The fourth-order valence-corrected chi connectivity index (χ4v) is 10.7. The van der Waals surface area contributed by atoms with Crippen LogP contribution in [0.25, 0.3) is 0 Å². The Labute approximate surface area is 562 Å². The molecule has 0 bridgehead atoms. The maximum Gasteiger partial charge on any atom is 0.361 e. The Balaban J connectivity index is 4.06. The molecule has 0 aliphatic rings. The van der Waals surface area contributed by atoms with Crippen molar-refractivity contribution in [3.63, 3.8) is 0 Å². The number of allylic oxidation sites excluding steroid dienone is 18. The van der Waals surface area contributed by atoms with E-state index in [2.05, 4.69) is 123 Å². The monoisotopic (exact) mass is 1270 g/mol. The van der Waals surface area contributed by atoms with Gasteiger partial charge in [-0.1, -0.05) is 329 Å². The Bertz CT molecular complexity index is 1870. The van der Waals surface area contributed by atoms with Crippen molar-refractivity contribution in [1.29, 1.82) is 0 Å². The number of aliphatic carboxylic acids is 1. The van der Waals surface area contributed by atoms with Crippen molar-refractivity contribution in [2.24, 2.45) is 0 Å². The highest BCUT2D eigenvalue weighted by Gasteiger charge is 2.25. The van der Waals surface area contributed by atoms with E-state index in [-0.39, 0.29) is 32.2 Å². The molecule has 0 saturated carbocycles. The topological polar surface area (TPSA) is 108 Å². The molecule has 0 radical (unpaired) electrons. The van der Waals surface area contributed by atoms with Gasteiger partial charge in [0.25, 0.3) is 6.29 Å². The fourth-order valence-electron chi connectivity index (χ4n) is 10.7. The summed E-state index contributed by atoms with van der Waals surface area (Å²) in [6.07, 6.45) is 98.0. The van der Waals surface area contributed by atoms with E-state index in [1.807, 2.05) is 21.1 Å². The maximum atomic E-state index is 13.0. The minimum Gasteiger partial charge on any atom is -0.477 e. The van der Waals surface area contributed by atoms with Crippen molar-refractivity contribution >= 4 is 17.9 Å². The van der Waals surface area contributed by atoms with Crippen LogP contribution in [0.2, 0.25) is 0 Å². The molecule has 0 fully saturated rings. The summed E-state index contributed by atoms with van der Waals surface area (Å²) in [5, 5.41) is 9.76. The molecule has 2 unspecified atom stereocenters. The van der Waals surface area contributed by atoms with Crippen molar-refractivity contribution in [3.8, 4) is 0 Å². The van der Waals surface area contributed by atoms with Crippen molar-refractivity contribution in [1.82, 2.24) is 0 Å². The maximum absolute atomic E-state index is 13.0. The number of carbonyl (C=O) groups is 3. The molecule has 0 aliphatic heterocycles. The summed E-state index contributed by atoms with van der Waals surface area (Å²) < 4.78 is 23.0. The molecule has 0 aromatic carbocycles. The second-order valence-electron chi connectivity index (χ2n) is 26.6. The minimum absolute atomic E-state index is 0.182. The Morgan fingerprint density at radius 2 is 0.626 bits per heavy atom. The van der Waals surface area contributed by atoms with Gasteiger partial charge in [-0.2, -0.15) is 0 Å². The number of unbranched alkanes of at least 4 members (excludes halogenated alkanes) is 37. The molecule has 9 nitrogen and oxygen atoms in total. The molecule has 524 valence electrons. The molecular formula is C82H144NO8+. The molecule has 0 heterocycles.